The van der Waals surface area contributed by atoms with Crippen LogP contribution in [-0.4, -0.2) is 55.7 Å². The third kappa shape index (κ3) is 3.58. The molecule has 0 radical (unpaired) electrons. The van der Waals surface area contributed by atoms with Crippen molar-refractivity contribution in [3.05, 3.63) is 52.6 Å². The van der Waals surface area contributed by atoms with E-state index in [0.29, 0.717) is 36.2 Å². The minimum atomic E-state index is -0.884. The zero-order chi connectivity index (χ0) is 22.3. The zero-order valence-electron chi connectivity index (χ0n) is 18.2. The Hall–Kier alpha value is -2.16. The molecule has 1 atom stereocenters. The van der Waals surface area contributed by atoms with Gasteiger partial charge in [-0.2, -0.15) is 0 Å². The lowest BCUT2D eigenvalue weighted by Crippen LogP contribution is -2.44. The van der Waals surface area contributed by atoms with Crippen molar-refractivity contribution in [2.24, 2.45) is 5.41 Å². The summed E-state index contributed by atoms with van der Waals surface area (Å²) in [5.41, 5.74) is 3.52. The van der Waals surface area contributed by atoms with E-state index in [2.05, 4.69) is 21.3 Å². The molecule has 0 aliphatic carbocycles. The van der Waals surface area contributed by atoms with E-state index in [0.717, 1.165) is 54.1 Å². The Kier molecular flexibility index (Phi) is 5.86. The fourth-order valence-electron chi connectivity index (χ4n) is 5.17. The van der Waals surface area contributed by atoms with E-state index >= 15 is 0 Å². The number of nitrogens with one attached hydrogen (secondary N) is 2. The standard InChI is InChI=1S/C23H28ClN5O2S/c1-2-32(31)12-11-28-19-4-3-16(24)13-18(19)27-21(28)15-29-20-14-26-8-5-17(20)23(22(29)30)6-9-25-10-7-23/h3-5,8,13,25-26H,2,6-7,9-12,14-15H2,1H3. The van der Waals surface area contributed by atoms with E-state index in [-0.39, 0.29) is 5.91 Å². The van der Waals surface area contributed by atoms with Crippen molar-refractivity contribution in [3.8, 4) is 0 Å². The molecule has 170 valence electrons. The van der Waals surface area contributed by atoms with E-state index in [4.69, 9.17) is 16.6 Å². The Balaban J connectivity index is 1.53. The van der Waals surface area contributed by atoms with E-state index in [1.165, 1.54) is 0 Å². The number of amides is 1. The maximum Gasteiger partial charge on any atom is 0.238 e. The molecule has 1 fully saturated rings. The number of carbonyl (C=O) groups is 1. The topological polar surface area (TPSA) is 79.3 Å². The number of benzene rings is 1. The molecule has 1 saturated heterocycles. The Bertz CT molecular complexity index is 1150. The fourth-order valence-corrected chi connectivity index (χ4v) is 6.01. The summed E-state index contributed by atoms with van der Waals surface area (Å²) >= 11 is 6.22. The highest BCUT2D eigenvalue weighted by molar-refractivity contribution is 7.84. The number of imidazole rings is 1. The van der Waals surface area contributed by atoms with Crippen LogP contribution in [0.1, 0.15) is 25.6 Å². The number of aromatic nitrogens is 2. The van der Waals surface area contributed by atoms with Gasteiger partial charge in [0.25, 0.3) is 0 Å². The maximum atomic E-state index is 13.8. The van der Waals surface area contributed by atoms with Gasteiger partial charge < -0.3 is 20.1 Å². The first-order chi connectivity index (χ1) is 15.5. The largest absolute Gasteiger partial charge is 0.385 e. The van der Waals surface area contributed by atoms with Crippen LogP contribution in [0.15, 0.2) is 41.7 Å². The molecule has 0 saturated carbocycles. The second-order valence-corrected chi connectivity index (χ2v) is 10.8. The molecule has 1 unspecified atom stereocenters. The lowest BCUT2D eigenvalue weighted by molar-refractivity contribution is -0.137. The number of dihydropyridines is 1. The Morgan fingerprint density at radius 3 is 2.88 bits per heavy atom. The third-order valence-electron chi connectivity index (χ3n) is 6.85. The van der Waals surface area contributed by atoms with Gasteiger partial charge in [0.15, 0.2) is 0 Å². The number of aryl methyl sites for hydroxylation is 1. The number of nitrogens with zero attached hydrogens (tertiary/aromatic N) is 3. The van der Waals surface area contributed by atoms with Crippen molar-refractivity contribution in [1.82, 2.24) is 25.1 Å². The van der Waals surface area contributed by atoms with Crippen molar-refractivity contribution in [3.63, 3.8) is 0 Å². The Morgan fingerprint density at radius 2 is 2.09 bits per heavy atom. The van der Waals surface area contributed by atoms with Crippen LogP contribution in [0.25, 0.3) is 11.0 Å². The van der Waals surface area contributed by atoms with Gasteiger partial charge in [-0.15, -0.1) is 0 Å². The summed E-state index contributed by atoms with van der Waals surface area (Å²) in [6.45, 7) is 5.25. The Labute approximate surface area is 195 Å². The summed E-state index contributed by atoms with van der Waals surface area (Å²) in [5, 5.41) is 7.30. The number of allylic oxidation sites excluding steroid dienone is 1. The first-order valence-electron chi connectivity index (χ1n) is 11.2. The molecule has 1 spiro atoms. The molecule has 2 N–H and O–H groups in total. The molecule has 2 aromatic rings. The van der Waals surface area contributed by atoms with Crippen LogP contribution in [0.4, 0.5) is 0 Å². The van der Waals surface area contributed by atoms with Gasteiger partial charge in [0.2, 0.25) is 5.91 Å². The van der Waals surface area contributed by atoms with Gasteiger partial charge in [0.1, 0.15) is 5.82 Å². The Morgan fingerprint density at radius 1 is 1.28 bits per heavy atom. The first kappa shape index (κ1) is 21.7. The van der Waals surface area contributed by atoms with Crippen LogP contribution in [0, 0.1) is 5.41 Å². The molecule has 1 aromatic carbocycles. The predicted octanol–water partition coefficient (Wildman–Crippen LogP) is 2.54. The van der Waals surface area contributed by atoms with Crippen LogP contribution in [0.5, 0.6) is 0 Å². The number of rotatable bonds is 6. The second-order valence-electron chi connectivity index (χ2n) is 8.54. The molecule has 9 heteroatoms. The minimum Gasteiger partial charge on any atom is -0.385 e. The zero-order valence-corrected chi connectivity index (χ0v) is 19.8. The lowest BCUT2D eigenvalue weighted by Gasteiger charge is -2.34. The summed E-state index contributed by atoms with van der Waals surface area (Å²) in [7, 11) is -0.884. The number of piperidine rings is 1. The average Bonchev–Trinajstić information content (AvgIpc) is 3.26. The van der Waals surface area contributed by atoms with Crippen molar-refractivity contribution in [2.45, 2.75) is 32.9 Å². The van der Waals surface area contributed by atoms with Gasteiger partial charge >= 0.3 is 0 Å². The normalized spacial score (nSPS) is 20.8. The summed E-state index contributed by atoms with van der Waals surface area (Å²) < 4.78 is 14.3. The molecule has 1 aromatic heterocycles. The lowest BCUT2D eigenvalue weighted by atomic mass is 9.73. The SMILES string of the molecule is CCS(=O)CCn1c(CN2C(=O)C3(CCNCC3)C3=C2CNC=C3)nc2cc(Cl)ccc21. The van der Waals surface area contributed by atoms with E-state index in [1.807, 2.05) is 36.2 Å². The van der Waals surface area contributed by atoms with Crippen LogP contribution in [0.3, 0.4) is 0 Å². The summed E-state index contributed by atoms with van der Waals surface area (Å²) in [6.07, 6.45) is 5.66. The van der Waals surface area contributed by atoms with Gasteiger partial charge in [-0.1, -0.05) is 18.5 Å². The molecule has 7 nitrogen and oxygen atoms in total. The quantitative estimate of drug-likeness (QED) is 0.674. The minimum absolute atomic E-state index is 0.172. The van der Waals surface area contributed by atoms with Crippen LogP contribution in [0.2, 0.25) is 5.02 Å². The van der Waals surface area contributed by atoms with Crippen molar-refractivity contribution < 1.29 is 9.00 Å². The van der Waals surface area contributed by atoms with E-state index < -0.39 is 16.2 Å². The molecule has 4 heterocycles. The highest BCUT2D eigenvalue weighted by Gasteiger charge is 2.52. The summed E-state index contributed by atoms with van der Waals surface area (Å²) in [5.74, 6) is 2.16. The molecule has 32 heavy (non-hydrogen) atoms. The maximum absolute atomic E-state index is 13.8. The molecule has 3 aliphatic rings. The van der Waals surface area contributed by atoms with E-state index in [9.17, 15) is 9.00 Å². The fraction of sp³-hybridized carbons (Fsp3) is 0.478. The molecule has 1 amide bonds. The van der Waals surface area contributed by atoms with Gasteiger partial charge in [-0.25, -0.2) is 4.98 Å². The third-order valence-corrected chi connectivity index (χ3v) is 8.37. The summed E-state index contributed by atoms with van der Waals surface area (Å²) in [6, 6.07) is 5.66. The molecular formula is C23H28ClN5O2S. The van der Waals surface area contributed by atoms with Gasteiger partial charge in [-0.05, 0) is 62.0 Å². The monoisotopic (exact) mass is 473 g/mol. The van der Waals surface area contributed by atoms with Crippen LogP contribution < -0.4 is 10.6 Å². The van der Waals surface area contributed by atoms with Crippen molar-refractivity contribution in [1.29, 1.82) is 0 Å². The number of halogens is 1. The molecule has 0 bridgehead atoms. The van der Waals surface area contributed by atoms with Gasteiger partial charge in [-0.3, -0.25) is 9.00 Å². The predicted molar refractivity (Wildman–Crippen MR) is 128 cm³/mol. The van der Waals surface area contributed by atoms with Gasteiger partial charge in [0, 0.05) is 39.6 Å². The van der Waals surface area contributed by atoms with Gasteiger partial charge in [0.05, 0.1) is 29.5 Å². The molecular weight excluding hydrogens is 446 g/mol. The number of hydrogen-bond acceptors (Lipinski definition) is 5. The number of fused-ring (bicyclic) bond motifs is 2. The van der Waals surface area contributed by atoms with Crippen molar-refractivity contribution in [2.75, 3.05) is 31.1 Å². The molecule has 5 rings (SSSR count). The number of carbonyl (C=O) groups excluding carboxylic acids is 1. The number of hydrogen-bond donors (Lipinski definition) is 2. The van der Waals surface area contributed by atoms with Crippen LogP contribution >= 0.6 is 11.6 Å². The smallest absolute Gasteiger partial charge is 0.238 e. The highest BCUT2D eigenvalue weighted by Crippen LogP contribution is 2.48. The van der Waals surface area contributed by atoms with Crippen LogP contribution in [-0.2, 0) is 28.7 Å². The molecule has 3 aliphatic heterocycles. The summed E-state index contributed by atoms with van der Waals surface area (Å²) in [4.78, 5) is 20.6. The average molecular weight is 474 g/mol. The highest BCUT2D eigenvalue weighted by atomic mass is 35.5. The second kappa shape index (κ2) is 8.65. The van der Waals surface area contributed by atoms with Crippen molar-refractivity contribution >= 4 is 39.3 Å². The first-order valence-corrected chi connectivity index (χ1v) is 13.1. The van der Waals surface area contributed by atoms with E-state index in [1.54, 1.807) is 0 Å².